The van der Waals surface area contributed by atoms with Crippen LogP contribution in [0.5, 0.6) is 0 Å². The van der Waals surface area contributed by atoms with Gasteiger partial charge in [0.05, 0.1) is 0 Å². The first-order valence-corrected chi connectivity index (χ1v) is 7.30. The molecular weight excluding hydrogens is 276 g/mol. The van der Waals surface area contributed by atoms with Crippen LogP contribution in [0.4, 0.5) is 5.82 Å². The lowest BCUT2D eigenvalue weighted by atomic mass is 10.2. The van der Waals surface area contributed by atoms with Crippen molar-refractivity contribution >= 4 is 17.6 Å². The second kappa shape index (κ2) is 6.08. The van der Waals surface area contributed by atoms with Crippen molar-refractivity contribution in [3.05, 3.63) is 22.4 Å². The molecule has 20 heavy (non-hydrogen) atoms. The number of anilines is 1. The summed E-state index contributed by atoms with van der Waals surface area (Å²) in [5.41, 5.74) is 6.59. The summed E-state index contributed by atoms with van der Waals surface area (Å²) in [6, 6.07) is 0.0255. The number of hydrogen-bond acceptors (Lipinski definition) is 6. The van der Waals surface area contributed by atoms with E-state index in [9.17, 15) is 4.79 Å². The Kier molecular flexibility index (Phi) is 4.43. The van der Waals surface area contributed by atoms with Crippen molar-refractivity contribution in [1.82, 2.24) is 24.7 Å². The molecule has 2 aromatic heterocycles. The molecule has 2 aromatic rings. The highest BCUT2D eigenvalue weighted by atomic mass is 32.2. The Morgan fingerprint density at radius 2 is 2.20 bits per heavy atom. The standard InChI is InChI=1S/C12H18N6OS/c1-4-5-8-9(13)14-6-15-10(8)20-12-17-16-11(19)18(12)7(2)3/h6-7H,4-5H2,1-3H3,(H,16,19)(H2,13,14,15). The molecule has 0 aromatic carbocycles. The van der Waals surface area contributed by atoms with Crippen molar-refractivity contribution in [1.29, 1.82) is 0 Å². The van der Waals surface area contributed by atoms with Crippen LogP contribution in [-0.2, 0) is 6.42 Å². The molecule has 2 heterocycles. The van der Waals surface area contributed by atoms with Crippen LogP contribution in [0.1, 0.15) is 38.8 Å². The van der Waals surface area contributed by atoms with E-state index < -0.39 is 0 Å². The molecule has 0 fully saturated rings. The van der Waals surface area contributed by atoms with Crippen LogP contribution in [0.2, 0.25) is 0 Å². The van der Waals surface area contributed by atoms with Crippen LogP contribution in [0.15, 0.2) is 21.3 Å². The molecule has 0 aliphatic rings. The highest BCUT2D eigenvalue weighted by Gasteiger charge is 2.16. The minimum absolute atomic E-state index is 0.0255. The van der Waals surface area contributed by atoms with Crippen molar-refractivity contribution in [2.75, 3.05) is 5.73 Å². The molecule has 3 N–H and O–H groups in total. The van der Waals surface area contributed by atoms with Gasteiger partial charge in [0.15, 0.2) is 5.16 Å². The molecule has 0 aliphatic heterocycles. The Labute approximate surface area is 121 Å². The van der Waals surface area contributed by atoms with E-state index in [1.165, 1.54) is 18.1 Å². The highest BCUT2D eigenvalue weighted by molar-refractivity contribution is 7.99. The highest BCUT2D eigenvalue weighted by Crippen LogP contribution is 2.30. The van der Waals surface area contributed by atoms with Gasteiger partial charge in [-0.2, -0.15) is 0 Å². The van der Waals surface area contributed by atoms with E-state index in [0.29, 0.717) is 11.0 Å². The molecule has 108 valence electrons. The molecule has 8 heteroatoms. The zero-order chi connectivity index (χ0) is 14.7. The van der Waals surface area contributed by atoms with E-state index in [1.807, 2.05) is 13.8 Å². The van der Waals surface area contributed by atoms with Crippen LogP contribution < -0.4 is 11.4 Å². The summed E-state index contributed by atoms with van der Waals surface area (Å²) >= 11 is 1.33. The predicted molar refractivity (Wildman–Crippen MR) is 77.8 cm³/mol. The van der Waals surface area contributed by atoms with Crippen LogP contribution in [0.25, 0.3) is 0 Å². The fourth-order valence-corrected chi connectivity index (χ4v) is 2.97. The van der Waals surface area contributed by atoms with Gasteiger partial charge >= 0.3 is 5.69 Å². The van der Waals surface area contributed by atoms with Gasteiger partial charge in [-0.3, -0.25) is 4.57 Å². The molecule has 0 saturated carbocycles. The van der Waals surface area contributed by atoms with E-state index in [0.717, 1.165) is 23.4 Å². The van der Waals surface area contributed by atoms with Gasteiger partial charge in [0.1, 0.15) is 17.2 Å². The Balaban J connectivity index is 2.40. The molecule has 0 radical (unpaired) electrons. The van der Waals surface area contributed by atoms with Crippen LogP contribution in [-0.4, -0.2) is 24.7 Å². The number of hydrogen-bond donors (Lipinski definition) is 2. The Morgan fingerprint density at radius 1 is 1.45 bits per heavy atom. The van der Waals surface area contributed by atoms with Crippen LogP contribution in [0.3, 0.4) is 0 Å². The van der Waals surface area contributed by atoms with Crippen LogP contribution in [0, 0.1) is 0 Å². The minimum atomic E-state index is -0.221. The summed E-state index contributed by atoms with van der Waals surface area (Å²) in [5, 5.41) is 7.85. The quantitative estimate of drug-likeness (QED) is 0.812. The summed E-state index contributed by atoms with van der Waals surface area (Å²) < 4.78 is 1.60. The van der Waals surface area contributed by atoms with E-state index in [-0.39, 0.29) is 11.7 Å². The lowest BCUT2D eigenvalue weighted by molar-refractivity contribution is 0.533. The number of rotatable bonds is 5. The maximum absolute atomic E-state index is 11.7. The van der Waals surface area contributed by atoms with Crippen molar-refractivity contribution in [2.24, 2.45) is 0 Å². The Bertz CT molecular complexity index is 648. The van der Waals surface area contributed by atoms with Gasteiger partial charge in [-0.1, -0.05) is 13.3 Å². The topological polar surface area (TPSA) is 102 Å². The lowest BCUT2D eigenvalue weighted by Gasteiger charge is -2.11. The zero-order valence-electron chi connectivity index (χ0n) is 11.8. The number of aromatic nitrogens is 5. The van der Waals surface area contributed by atoms with E-state index in [4.69, 9.17) is 5.73 Å². The number of nitrogens with one attached hydrogen (secondary N) is 1. The molecule has 0 aliphatic carbocycles. The third-order valence-corrected chi connectivity index (χ3v) is 3.83. The predicted octanol–water partition coefficient (Wildman–Crippen LogP) is 1.63. The average molecular weight is 294 g/mol. The van der Waals surface area contributed by atoms with E-state index >= 15 is 0 Å². The van der Waals surface area contributed by atoms with Gasteiger partial charge in [-0.15, -0.1) is 5.10 Å². The molecule has 7 nitrogen and oxygen atoms in total. The Hall–Kier alpha value is -1.83. The van der Waals surface area contributed by atoms with Gasteiger partial charge in [0.25, 0.3) is 0 Å². The van der Waals surface area contributed by atoms with E-state index in [1.54, 1.807) is 4.57 Å². The molecule has 0 bridgehead atoms. The summed E-state index contributed by atoms with van der Waals surface area (Å²) in [7, 11) is 0. The number of nitrogen functional groups attached to an aromatic ring is 1. The summed E-state index contributed by atoms with van der Waals surface area (Å²) in [5.74, 6) is 0.485. The monoisotopic (exact) mass is 294 g/mol. The minimum Gasteiger partial charge on any atom is -0.383 e. The largest absolute Gasteiger partial charge is 0.383 e. The number of nitrogens with two attached hydrogens (primary N) is 1. The third kappa shape index (κ3) is 2.84. The normalized spacial score (nSPS) is 11.2. The molecule has 0 saturated heterocycles. The van der Waals surface area contributed by atoms with Gasteiger partial charge in [0, 0.05) is 11.6 Å². The molecular formula is C12H18N6OS. The van der Waals surface area contributed by atoms with Crippen molar-refractivity contribution in [3.63, 3.8) is 0 Å². The first kappa shape index (κ1) is 14.6. The van der Waals surface area contributed by atoms with Gasteiger partial charge < -0.3 is 5.73 Å². The van der Waals surface area contributed by atoms with Gasteiger partial charge in [-0.25, -0.2) is 19.9 Å². The maximum atomic E-state index is 11.7. The second-order valence-corrected chi connectivity index (χ2v) is 5.63. The maximum Gasteiger partial charge on any atom is 0.344 e. The fraction of sp³-hybridized carbons (Fsp3) is 0.500. The van der Waals surface area contributed by atoms with Crippen molar-refractivity contribution in [2.45, 2.75) is 49.8 Å². The first-order chi connectivity index (χ1) is 9.54. The van der Waals surface area contributed by atoms with Crippen LogP contribution >= 0.6 is 11.8 Å². The van der Waals surface area contributed by atoms with E-state index in [2.05, 4.69) is 27.1 Å². The average Bonchev–Trinajstić information content (AvgIpc) is 2.75. The molecule has 0 amide bonds. The van der Waals surface area contributed by atoms with Crippen molar-refractivity contribution in [3.8, 4) is 0 Å². The fourth-order valence-electron chi connectivity index (χ4n) is 1.89. The molecule has 0 unspecified atom stereocenters. The first-order valence-electron chi connectivity index (χ1n) is 6.48. The smallest absolute Gasteiger partial charge is 0.344 e. The molecule has 0 spiro atoms. The lowest BCUT2D eigenvalue weighted by Crippen LogP contribution is -2.19. The number of nitrogens with zero attached hydrogens (tertiary/aromatic N) is 4. The SMILES string of the molecule is CCCc1c(N)ncnc1Sc1n[nH]c(=O)n1C(C)C. The third-order valence-electron chi connectivity index (χ3n) is 2.82. The van der Waals surface area contributed by atoms with Crippen molar-refractivity contribution < 1.29 is 0 Å². The number of H-pyrrole nitrogens is 1. The number of aromatic amines is 1. The van der Waals surface area contributed by atoms with Gasteiger partial charge in [-0.05, 0) is 32.0 Å². The second-order valence-electron chi connectivity index (χ2n) is 4.67. The summed E-state index contributed by atoms with van der Waals surface area (Å²) in [6.45, 7) is 5.93. The summed E-state index contributed by atoms with van der Waals surface area (Å²) in [4.78, 5) is 20.0. The van der Waals surface area contributed by atoms with Gasteiger partial charge in [0.2, 0.25) is 0 Å². The molecule has 0 atom stereocenters. The Morgan fingerprint density at radius 3 is 2.85 bits per heavy atom. The summed E-state index contributed by atoms with van der Waals surface area (Å²) in [6.07, 6.45) is 3.18. The zero-order valence-corrected chi connectivity index (χ0v) is 12.6. The molecule has 2 rings (SSSR count).